The fourth-order valence-corrected chi connectivity index (χ4v) is 1.84. The molecule has 0 atom stereocenters. The maximum atomic E-state index is 11.3. The van der Waals surface area contributed by atoms with E-state index in [0.717, 1.165) is 11.3 Å². The number of nitrogens with zero attached hydrogens (tertiary/aromatic N) is 4. The molecule has 6 heteroatoms. The van der Waals surface area contributed by atoms with E-state index in [4.69, 9.17) is 0 Å². The maximum Gasteiger partial charge on any atom is 0.339 e. The van der Waals surface area contributed by atoms with Gasteiger partial charge in [-0.25, -0.2) is 4.79 Å². The van der Waals surface area contributed by atoms with Crippen molar-refractivity contribution < 1.29 is 9.90 Å². The zero-order chi connectivity index (χ0) is 13.4. The molecule has 0 spiro atoms. The molecule has 0 bridgehead atoms. The van der Waals surface area contributed by atoms with E-state index < -0.39 is 5.97 Å². The Morgan fingerprint density at radius 2 is 2.00 bits per heavy atom. The molecule has 2 heterocycles. The summed E-state index contributed by atoms with van der Waals surface area (Å²) < 4.78 is 3.32. The Balaban J connectivity index is 2.62. The number of carboxylic acid groups (broad SMARTS) is 1. The van der Waals surface area contributed by atoms with E-state index in [0.29, 0.717) is 5.69 Å². The maximum absolute atomic E-state index is 11.3. The van der Waals surface area contributed by atoms with Crippen LogP contribution >= 0.6 is 0 Å². The molecular formula is C12H16N4O2. The van der Waals surface area contributed by atoms with Crippen LogP contribution in [-0.4, -0.2) is 30.6 Å². The Labute approximate surface area is 105 Å². The fourth-order valence-electron chi connectivity index (χ4n) is 1.84. The van der Waals surface area contributed by atoms with Gasteiger partial charge in [0.2, 0.25) is 0 Å². The smallest absolute Gasteiger partial charge is 0.339 e. The largest absolute Gasteiger partial charge is 0.478 e. The molecule has 18 heavy (non-hydrogen) atoms. The second kappa shape index (κ2) is 4.29. The van der Waals surface area contributed by atoms with Crippen molar-refractivity contribution >= 4 is 5.97 Å². The van der Waals surface area contributed by atoms with Gasteiger partial charge in [-0.05, 0) is 20.8 Å². The van der Waals surface area contributed by atoms with Gasteiger partial charge in [-0.1, -0.05) is 0 Å². The molecule has 6 nitrogen and oxygen atoms in total. The lowest BCUT2D eigenvalue weighted by Crippen LogP contribution is -2.00. The lowest BCUT2D eigenvalue weighted by atomic mass is 10.1. The lowest BCUT2D eigenvalue weighted by molar-refractivity contribution is 0.0697. The Morgan fingerprint density at radius 3 is 2.44 bits per heavy atom. The second-order valence-corrected chi connectivity index (χ2v) is 4.57. The highest BCUT2D eigenvalue weighted by Gasteiger charge is 2.20. The van der Waals surface area contributed by atoms with Crippen LogP contribution in [0.3, 0.4) is 0 Å². The summed E-state index contributed by atoms with van der Waals surface area (Å²) in [7, 11) is 1.80. The Morgan fingerprint density at radius 1 is 1.33 bits per heavy atom. The summed E-state index contributed by atoms with van der Waals surface area (Å²) in [6.45, 7) is 5.76. The van der Waals surface area contributed by atoms with E-state index in [9.17, 15) is 9.90 Å². The summed E-state index contributed by atoms with van der Waals surface area (Å²) in [5, 5.41) is 17.8. The van der Waals surface area contributed by atoms with Gasteiger partial charge in [0.1, 0.15) is 11.3 Å². The third kappa shape index (κ3) is 2.01. The molecule has 0 aliphatic heterocycles. The molecule has 0 radical (unpaired) electrons. The van der Waals surface area contributed by atoms with Crippen LogP contribution in [0.4, 0.5) is 0 Å². The highest BCUT2D eigenvalue weighted by atomic mass is 16.4. The monoisotopic (exact) mass is 248 g/mol. The van der Waals surface area contributed by atoms with Crippen molar-refractivity contribution in [3.8, 4) is 11.3 Å². The highest BCUT2D eigenvalue weighted by molar-refractivity contribution is 5.94. The molecule has 96 valence electrons. The molecule has 2 aromatic rings. The first-order valence-electron chi connectivity index (χ1n) is 5.73. The fraction of sp³-hybridized carbons (Fsp3) is 0.417. The highest BCUT2D eigenvalue weighted by Crippen LogP contribution is 2.25. The number of carbonyl (C=O) groups is 1. The summed E-state index contributed by atoms with van der Waals surface area (Å²) in [4.78, 5) is 11.3. The van der Waals surface area contributed by atoms with Crippen LogP contribution in [0.25, 0.3) is 11.3 Å². The van der Waals surface area contributed by atoms with Gasteiger partial charge in [0, 0.05) is 31.0 Å². The number of hydrogen-bond donors (Lipinski definition) is 1. The minimum absolute atomic E-state index is 0.119. The molecule has 0 aromatic carbocycles. The van der Waals surface area contributed by atoms with Gasteiger partial charge in [0.15, 0.2) is 0 Å². The van der Waals surface area contributed by atoms with Gasteiger partial charge in [0.05, 0.1) is 5.69 Å². The topological polar surface area (TPSA) is 72.9 Å². The minimum atomic E-state index is -0.972. The van der Waals surface area contributed by atoms with Crippen LogP contribution in [0, 0.1) is 6.92 Å². The quantitative estimate of drug-likeness (QED) is 0.900. The third-order valence-electron chi connectivity index (χ3n) is 2.76. The van der Waals surface area contributed by atoms with Crippen molar-refractivity contribution in [3.05, 3.63) is 23.7 Å². The van der Waals surface area contributed by atoms with E-state index in [1.807, 2.05) is 20.8 Å². The summed E-state index contributed by atoms with van der Waals surface area (Å²) in [5.74, 6) is -0.972. The normalized spacial score (nSPS) is 11.2. The van der Waals surface area contributed by atoms with Crippen LogP contribution in [0.5, 0.6) is 0 Å². The molecule has 0 unspecified atom stereocenters. The molecule has 0 fully saturated rings. The minimum Gasteiger partial charge on any atom is -0.478 e. The third-order valence-corrected chi connectivity index (χ3v) is 2.76. The van der Waals surface area contributed by atoms with E-state index in [2.05, 4.69) is 10.2 Å². The van der Waals surface area contributed by atoms with Gasteiger partial charge in [-0.15, -0.1) is 0 Å². The van der Waals surface area contributed by atoms with Crippen LogP contribution in [0.1, 0.15) is 35.9 Å². The standard InChI is InChI=1S/C12H16N4O2/c1-7(2)16-6-10(12(17)18)11(14-16)9-5-15(4)13-8(9)3/h5-7H,1-4H3,(H,17,18). The van der Waals surface area contributed by atoms with Crippen LogP contribution in [-0.2, 0) is 7.05 Å². The van der Waals surface area contributed by atoms with E-state index in [1.54, 1.807) is 28.8 Å². The molecule has 0 saturated carbocycles. The molecule has 0 amide bonds. The van der Waals surface area contributed by atoms with Crippen LogP contribution in [0.2, 0.25) is 0 Å². The Hall–Kier alpha value is -2.11. The number of aromatic nitrogens is 4. The Bertz CT molecular complexity index is 595. The van der Waals surface area contributed by atoms with E-state index in [1.165, 1.54) is 0 Å². The molecule has 0 aliphatic rings. The van der Waals surface area contributed by atoms with Gasteiger partial charge >= 0.3 is 5.97 Å². The molecule has 2 rings (SSSR count). The lowest BCUT2D eigenvalue weighted by Gasteiger charge is -2.03. The van der Waals surface area contributed by atoms with Gasteiger partial charge < -0.3 is 5.11 Å². The zero-order valence-electron chi connectivity index (χ0n) is 10.9. The second-order valence-electron chi connectivity index (χ2n) is 4.57. The summed E-state index contributed by atoms with van der Waals surface area (Å²) >= 11 is 0. The summed E-state index contributed by atoms with van der Waals surface area (Å²) in [6, 6.07) is 0.119. The van der Waals surface area contributed by atoms with Crippen molar-refractivity contribution in [1.82, 2.24) is 19.6 Å². The molecule has 2 aromatic heterocycles. The summed E-state index contributed by atoms with van der Waals surface area (Å²) in [6.07, 6.45) is 3.35. The first kappa shape index (κ1) is 12.3. The number of aromatic carboxylic acids is 1. The van der Waals surface area contributed by atoms with Gasteiger partial charge in [-0.2, -0.15) is 10.2 Å². The number of hydrogen-bond acceptors (Lipinski definition) is 3. The SMILES string of the molecule is Cc1nn(C)cc1-c1nn(C(C)C)cc1C(=O)O. The predicted octanol–water partition coefficient (Wildman–Crippen LogP) is 1.87. The molecular weight excluding hydrogens is 232 g/mol. The first-order valence-corrected chi connectivity index (χ1v) is 5.73. The van der Waals surface area contributed by atoms with Crippen molar-refractivity contribution in [2.75, 3.05) is 0 Å². The van der Waals surface area contributed by atoms with Crippen LogP contribution < -0.4 is 0 Å². The predicted molar refractivity (Wildman–Crippen MR) is 66.5 cm³/mol. The zero-order valence-corrected chi connectivity index (χ0v) is 10.9. The molecule has 0 aliphatic carbocycles. The van der Waals surface area contributed by atoms with Gasteiger partial charge in [0.25, 0.3) is 0 Å². The number of carboxylic acids is 1. The van der Waals surface area contributed by atoms with Crippen molar-refractivity contribution in [2.24, 2.45) is 7.05 Å². The summed E-state index contributed by atoms with van der Waals surface area (Å²) in [5.41, 5.74) is 2.21. The van der Waals surface area contributed by atoms with E-state index in [-0.39, 0.29) is 11.6 Å². The van der Waals surface area contributed by atoms with Crippen LogP contribution in [0.15, 0.2) is 12.4 Å². The van der Waals surface area contributed by atoms with Crippen molar-refractivity contribution in [1.29, 1.82) is 0 Å². The number of aryl methyl sites for hydroxylation is 2. The van der Waals surface area contributed by atoms with Crippen molar-refractivity contribution in [3.63, 3.8) is 0 Å². The van der Waals surface area contributed by atoms with Gasteiger partial charge in [-0.3, -0.25) is 9.36 Å². The molecule has 1 N–H and O–H groups in total. The average molecular weight is 248 g/mol. The Kier molecular flexibility index (Phi) is 2.94. The van der Waals surface area contributed by atoms with E-state index >= 15 is 0 Å². The number of rotatable bonds is 3. The van der Waals surface area contributed by atoms with Crippen molar-refractivity contribution in [2.45, 2.75) is 26.8 Å². The average Bonchev–Trinajstić information content (AvgIpc) is 2.81. The molecule has 0 saturated heterocycles. The first-order chi connectivity index (χ1) is 8.40.